The predicted molar refractivity (Wildman–Crippen MR) is 210 cm³/mol. The molecule has 0 saturated carbocycles. The fourth-order valence-electron chi connectivity index (χ4n) is 7.02. The molecule has 6 rings (SSSR count). The Morgan fingerprint density at radius 1 is 0.818 bits per heavy atom. The first kappa shape index (κ1) is 39.6. The number of aliphatic carboxylic acids is 1. The van der Waals surface area contributed by atoms with E-state index in [0.717, 1.165) is 50.5 Å². The lowest BCUT2D eigenvalue weighted by molar-refractivity contribution is -0.138. The monoisotopic (exact) mass is 786 g/mol. The first-order chi connectivity index (χ1) is 26.3. The number of sulfone groups is 1. The average Bonchev–Trinajstić information content (AvgIpc) is 3.45. The number of halogens is 3. The van der Waals surface area contributed by atoms with Gasteiger partial charge in [-0.3, -0.25) is 4.79 Å². The van der Waals surface area contributed by atoms with E-state index in [0.29, 0.717) is 6.42 Å². The summed E-state index contributed by atoms with van der Waals surface area (Å²) in [6.07, 6.45) is -3.90. The van der Waals surface area contributed by atoms with Gasteiger partial charge in [0.05, 0.1) is 39.0 Å². The molecule has 5 aromatic carbocycles. The lowest BCUT2D eigenvalue weighted by atomic mass is 9.97. The summed E-state index contributed by atoms with van der Waals surface area (Å²) < 4.78 is 87.2. The second-order valence-electron chi connectivity index (χ2n) is 13.4. The molecule has 6 aromatic rings. The molecule has 2 N–H and O–H groups in total. The Morgan fingerprint density at radius 3 is 2.05 bits per heavy atom. The maximum absolute atomic E-state index is 13.8. The number of rotatable bonds is 16. The van der Waals surface area contributed by atoms with E-state index in [1.165, 1.54) is 30.3 Å². The Balaban J connectivity index is 1.39. The maximum atomic E-state index is 13.8. The Labute approximate surface area is 321 Å². The van der Waals surface area contributed by atoms with Crippen molar-refractivity contribution in [1.82, 2.24) is 9.29 Å². The van der Waals surface area contributed by atoms with Crippen molar-refractivity contribution in [3.63, 3.8) is 0 Å². The number of carbonyl (C=O) groups is 1. The highest BCUT2D eigenvalue weighted by Crippen LogP contribution is 2.38. The topological polar surface area (TPSA) is 105 Å². The molecule has 0 aliphatic carbocycles. The molecule has 0 aliphatic heterocycles. The fraction of sp³-hybridized carbons (Fsp3) is 0.233. The molecule has 1 aromatic heterocycles. The van der Waals surface area contributed by atoms with Crippen LogP contribution in [-0.2, 0) is 56.8 Å². The van der Waals surface area contributed by atoms with Crippen LogP contribution in [0.15, 0.2) is 132 Å². The van der Waals surface area contributed by atoms with Crippen LogP contribution in [-0.4, -0.2) is 40.6 Å². The van der Waals surface area contributed by atoms with Gasteiger partial charge < -0.3 is 9.67 Å². The second-order valence-corrected chi connectivity index (χ2v) is 16.8. The van der Waals surface area contributed by atoms with Gasteiger partial charge in [-0.2, -0.15) is 13.2 Å². The van der Waals surface area contributed by atoms with Crippen molar-refractivity contribution in [3.8, 4) is 0 Å². The van der Waals surface area contributed by atoms with Gasteiger partial charge in [0.1, 0.15) is 0 Å². The number of nitrogens with one attached hydrogen (secondary N) is 1. The Bertz CT molecular complexity index is 2360. The van der Waals surface area contributed by atoms with Crippen molar-refractivity contribution in [1.29, 1.82) is 0 Å². The number of aryl methyl sites for hydroxylation is 3. The van der Waals surface area contributed by atoms with Crippen molar-refractivity contribution in [3.05, 3.63) is 172 Å². The Morgan fingerprint density at radius 2 is 1.44 bits per heavy atom. The third kappa shape index (κ3) is 9.62. The number of alkyl halides is 3. The second kappa shape index (κ2) is 17.2. The number of fused-ring (bicyclic) bond motifs is 1. The van der Waals surface area contributed by atoms with Gasteiger partial charge in [-0.25, -0.2) is 17.3 Å². The quantitative estimate of drug-likeness (QED) is 0.102. The van der Waals surface area contributed by atoms with Gasteiger partial charge in [-0.05, 0) is 77.9 Å². The molecule has 0 amide bonds. The van der Waals surface area contributed by atoms with Crippen LogP contribution >= 0.6 is 0 Å². The lowest BCUT2D eigenvalue weighted by Crippen LogP contribution is -2.25. The zero-order valence-electron chi connectivity index (χ0n) is 30.1. The molecule has 55 heavy (non-hydrogen) atoms. The normalized spacial score (nSPS) is 12.7. The van der Waals surface area contributed by atoms with Gasteiger partial charge in [0.25, 0.3) is 0 Å². The van der Waals surface area contributed by atoms with Crippen LogP contribution in [0.2, 0.25) is 0 Å². The number of carboxylic acids is 1. The van der Waals surface area contributed by atoms with Crippen molar-refractivity contribution >= 4 is 37.7 Å². The summed E-state index contributed by atoms with van der Waals surface area (Å²) in [6.45, 7) is 2.11. The van der Waals surface area contributed by atoms with Gasteiger partial charge in [0.15, 0.2) is 9.84 Å². The van der Waals surface area contributed by atoms with Gasteiger partial charge in [-0.1, -0.05) is 103 Å². The molecule has 7 nitrogen and oxygen atoms in total. The Hall–Kier alpha value is -5.04. The minimum Gasteiger partial charge on any atom is -0.481 e. The standard InChI is InChI=1S/C43H41F3N2O5S2/c1-30-16-22-39-37(28-30)36(25-27-55(52,53)35-20-17-31(18-21-35)19-23-41(49)50)40(24-26-47-54(51)29-34-14-8-9-15-38(34)43(44,45)46)48(39)42(32-10-4-2-5-11-32)33-12-6-3-7-13-33/h2-18,20-22,28,42,47H,19,23-27,29H2,1H3,(H,49,50). The van der Waals surface area contributed by atoms with Crippen LogP contribution in [0.3, 0.4) is 0 Å². The molecule has 0 spiro atoms. The zero-order valence-corrected chi connectivity index (χ0v) is 31.8. The smallest absolute Gasteiger partial charge is 0.416 e. The highest BCUT2D eigenvalue weighted by atomic mass is 32.2. The summed E-state index contributed by atoms with van der Waals surface area (Å²) in [7, 11) is -5.63. The van der Waals surface area contributed by atoms with E-state index in [4.69, 9.17) is 5.11 Å². The van der Waals surface area contributed by atoms with Crippen LogP contribution in [0.25, 0.3) is 10.9 Å². The van der Waals surface area contributed by atoms with Crippen LogP contribution in [0.1, 0.15) is 57.1 Å². The number of hydrogen-bond donors (Lipinski definition) is 2. The molecule has 0 fully saturated rings. The van der Waals surface area contributed by atoms with E-state index in [1.54, 1.807) is 12.1 Å². The summed E-state index contributed by atoms with van der Waals surface area (Å²) >= 11 is 0. The summed E-state index contributed by atoms with van der Waals surface area (Å²) in [4.78, 5) is 11.2. The molecular formula is C43H41F3N2O5S2. The first-order valence-corrected chi connectivity index (χ1v) is 20.8. The molecule has 0 saturated heterocycles. The third-order valence-electron chi connectivity index (χ3n) is 9.63. The van der Waals surface area contributed by atoms with Crippen molar-refractivity contribution in [2.45, 2.75) is 55.5 Å². The largest absolute Gasteiger partial charge is 0.481 e. The van der Waals surface area contributed by atoms with Gasteiger partial charge in [0.2, 0.25) is 0 Å². The molecule has 1 unspecified atom stereocenters. The number of hydrogen-bond acceptors (Lipinski definition) is 4. The highest BCUT2D eigenvalue weighted by molar-refractivity contribution is 7.91. The molecule has 1 heterocycles. The summed E-state index contributed by atoms with van der Waals surface area (Å²) in [5.41, 5.74) is 5.31. The number of nitrogens with zero attached hydrogens (tertiary/aromatic N) is 1. The molecule has 0 bridgehead atoms. The van der Waals surface area contributed by atoms with E-state index in [2.05, 4.69) is 9.29 Å². The fourth-order valence-corrected chi connectivity index (χ4v) is 9.25. The van der Waals surface area contributed by atoms with E-state index >= 15 is 0 Å². The minimum absolute atomic E-state index is 0.0609. The van der Waals surface area contributed by atoms with Crippen LogP contribution in [0.4, 0.5) is 13.2 Å². The first-order valence-electron chi connectivity index (χ1n) is 17.8. The number of benzene rings is 5. The van der Waals surface area contributed by atoms with Crippen molar-refractivity contribution in [2.24, 2.45) is 0 Å². The molecule has 0 radical (unpaired) electrons. The van der Waals surface area contributed by atoms with E-state index in [9.17, 15) is 30.6 Å². The molecule has 12 heteroatoms. The third-order valence-corrected chi connectivity index (χ3v) is 12.5. The summed E-state index contributed by atoms with van der Waals surface area (Å²) in [5, 5.41) is 9.92. The van der Waals surface area contributed by atoms with Crippen LogP contribution in [0.5, 0.6) is 0 Å². The summed E-state index contributed by atoms with van der Waals surface area (Å²) in [6, 6.07) is 37.0. The van der Waals surface area contributed by atoms with E-state index in [1.807, 2.05) is 85.8 Å². The van der Waals surface area contributed by atoms with Gasteiger partial charge in [0, 0.05) is 36.0 Å². The predicted octanol–water partition coefficient (Wildman–Crippen LogP) is 8.64. The van der Waals surface area contributed by atoms with Crippen LogP contribution < -0.4 is 4.72 Å². The summed E-state index contributed by atoms with van der Waals surface area (Å²) in [5.74, 6) is -1.48. The number of aromatic nitrogens is 1. The molecule has 286 valence electrons. The van der Waals surface area contributed by atoms with E-state index < -0.39 is 38.5 Å². The van der Waals surface area contributed by atoms with Gasteiger partial charge in [-0.15, -0.1) is 0 Å². The highest BCUT2D eigenvalue weighted by Gasteiger charge is 2.33. The van der Waals surface area contributed by atoms with Gasteiger partial charge >= 0.3 is 12.1 Å². The van der Waals surface area contributed by atoms with Crippen molar-refractivity contribution in [2.75, 3.05) is 12.3 Å². The average molecular weight is 787 g/mol. The van der Waals surface area contributed by atoms with E-state index in [-0.39, 0.29) is 53.8 Å². The SMILES string of the molecule is Cc1ccc2c(c1)c(CCS(=O)(=O)c1ccc(CCC(=O)O)cc1)c(CCNS(=O)Cc1ccccc1C(F)(F)F)n2C(c1ccccc1)c1ccccc1. The zero-order chi connectivity index (χ0) is 39.2. The Kier molecular flexibility index (Phi) is 12.4. The van der Waals surface area contributed by atoms with Crippen molar-refractivity contribution < 1.29 is 35.7 Å². The number of carboxylic acid groups (broad SMARTS) is 1. The molecule has 1 atom stereocenters. The molecule has 0 aliphatic rings. The maximum Gasteiger partial charge on any atom is 0.416 e. The lowest BCUT2D eigenvalue weighted by Gasteiger charge is -2.25. The molecular weight excluding hydrogens is 746 g/mol. The minimum atomic E-state index is -4.58. The van der Waals surface area contributed by atoms with Crippen LogP contribution in [0, 0.1) is 6.92 Å².